The summed E-state index contributed by atoms with van der Waals surface area (Å²) in [6, 6.07) is 25.2. The molecule has 2 heterocycles. The van der Waals surface area contributed by atoms with E-state index >= 15 is 0 Å². The zero-order valence-corrected chi connectivity index (χ0v) is 17.6. The largest absolute Gasteiger partial charge is 0.271 e. The Hall–Kier alpha value is -2.89. The second kappa shape index (κ2) is 8.09. The quantitative estimate of drug-likeness (QED) is 0.549. The molecule has 1 atom stereocenters. The Balaban J connectivity index is 1.45. The number of rotatable bonds is 4. The zero-order chi connectivity index (χ0) is 20.5. The van der Waals surface area contributed by atoms with Crippen LogP contribution in [0.25, 0.3) is 0 Å². The fourth-order valence-corrected chi connectivity index (χ4v) is 4.68. The minimum atomic E-state index is -0.435. The lowest BCUT2D eigenvalue weighted by Crippen LogP contribution is -2.41. The highest BCUT2D eigenvalue weighted by Crippen LogP contribution is 2.35. The summed E-state index contributed by atoms with van der Waals surface area (Å²) in [5, 5.41) is 1.38. The Morgan fingerprint density at radius 1 is 0.900 bits per heavy atom. The third kappa shape index (κ3) is 3.66. The van der Waals surface area contributed by atoms with E-state index in [-0.39, 0.29) is 5.91 Å². The molecule has 0 radical (unpaired) electrons. The highest BCUT2D eigenvalue weighted by Gasteiger charge is 2.41. The van der Waals surface area contributed by atoms with Gasteiger partial charge in [-0.3, -0.25) is 9.79 Å². The van der Waals surface area contributed by atoms with Crippen molar-refractivity contribution in [3.05, 3.63) is 101 Å². The van der Waals surface area contributed by atoms with Crippen molar-refractivity contribution in [1.82, 2.24) is 4.90 Å². The molecule has 0 aromatic heterocycles. The standard InChI is InChI=1S/C24H18ClN3OS/c25-18-12-10-17(11-13-18)15-30-24-27-20-9-5-4-8-19(20)22-26-21(23(29)28(22)24)14-16-6-2-1-3-7-16/h1-13,21H,14-15H2/t21-/m1/s1. The van der Waals surface area contributed by atoms with Gasteiger partial charge in [-0.2, -0.15) is 0 Å². The third-order valence-electron chi connectivity index (χ3n) is 5.10. The summed E-state index contributed by atoms with van der Waals surface area (Å²) < 4.78 is 0. The van der Waals surface area contributed by atoms with Crippen LogP contribution in [-0.2, 0) is 17.0 Å². The first kappa shape index (κ1) is 19.1. The van der Waals surface area contributed by atoms with Crippen LogP contribution in [-0.4, -0.2) is 27.9 Å². The van der Waals surface area contributed by atoms with Crippen LogP contribution >= 0.6 is 23.4 Å². The number of halogens is 1. The molecule has 3 aromatic carbocycles. The van der Waals surface area contributed by atoms with Crippen LogP contribution in [0.3, 0.4) is 0 Å². The van der Waals surface area contributed by atoms with E-state index in [0.717, 1.165) is 22.4 Å². The van der Waals surface area contributed by atoms with Crippen LogP contribution in [0.4, 0.5) is 5.69 Å². The maximum absolute atomic E-state index is 13.3. The Labute approximate surface area is 184 Å². The molecule has 0 spiro atoms. The minimum absolute atomic E-state index is 0.0225. The van der Waals surface area contributed by atoms with E-state index < -0.39 is 6.04 Å². The highest BCUT2D eigenvalue weighted by molar-refractivity contribution is 8.13. The Morgan fingerprint density at radius 3 is 2.43 bits per heavy atom. The number of thioether (sulfide) groups is 1. The molecule has 0 aliphatic carbocycles. The number of nitrogens with zero attached hydrogens (tertiary/aromatic N) is 3. The van der Waals surface area contributed by atoms with Gasteiger partial charge >= 0.3 is 0 Å². The predicted molar refractivity (Wildman–Crippen MR) is 124 cm³/mol. The van der Waals surface area contributed by atoms with E-state index in [1.165, 1.54) is 11.8 Å². The van der Waals surface area contributed by atoms with Crippen molar-refractivity contribution >= 4 is 46.0 Å². The molecule has 6 heteroatoms. The molecule has 0 saturated heterocycles. The monoisotopic (exact) mass is 431 g/mol. The number of amides is 1. The molecule has 0 N–H and O–H groups in total. The molecule has 2 aliphatic rings. The normalized spacial score (nSPS) is 17.3. The maximum atomic E-state index is 13.3. The molecule has 0 bridgehead atoms. The summed E-state index contributed by atoms with van der Waals surface area (Å²) in [5.74, 6) is 1.37. The molecule has 1 amide bonds. The number of hydrogen-bond donors (Lipinski definition) is 0. The van der Waals surface area contributed by atoms with Gasteiger partial charge in [0, 0.05) is 22.8 Å². The van der Waals surface area contributed by atoms with Crippen LogP contribution in [0.5, 0.6) is 0 Å². The maximum Gasteiger partial charge on any atom is 0.259 e. The molecule has 30 heavy (non-hydrogen) atoms. The SMILES string of the molecule is O=C1[C@@H](Cc2ccccc2)N=C2c3ccccc3N=C(SCc3ccc(Cl)cc3)N12. The Kier molecular flexibility index (Phi) is 5.15. The number of benzene rings is 3. The molecule has 0 saturated carbocycles. The average Bonchev–Trinajstić information content (AvgIpc) is 3.10. The van der Waals surface area contributed by atoms with Crippen molar-refractivity contribution in [2.24, 2.45) is 9.98 Å². The van der Waals surface area contributed by atoms with Crippen molar-refractivity contribution in [3.8, 4) is 0 Å². The van der Waals surface area contributed by atoms with Gasteiger partial charge in [0.05, 0.1) is 5.69 Å². The summed E-state index contributed by atoms with van der Waals surface area (Å²) >= 11 is 7.53. The highest BCUT2D eigenvalue weighted by atomic mass is 35.5. The van der Waals surface area contributed by atoms with Crippen LogP contribution < -0.4 is 0 Å². The van der Waals surface area contributed by atoms with Gasteiger partial charge in [-0.25, -0.2) is 9.89 Å². The van der Waals surface area contributed by atoms with E-state index in [0.29, 0.717) is 28.2 Å². The first-order valence-corrected chi connectivity index (χ1v) is 11.1. The van der Waals surface area contributed by atoms with Crippen molar-refractivity contribution in [2.75, 3.05) is 0 Å². The Morgan fingerprint density at radius 2 is 1.63 bits per heavy atom. The van der Waals surface area contributed by atoms with E-state index in [4.69, 9.17) is 21.6 Å². The van der Waals surface area contributed by atoms with Crippen LogP contribution in [0.1, 0.15) is 16.7 Å². The number of fused-ring (bicyclic) bond motifs is 3. The first-order chi connectivity index (χ1) is 14.7. The minimum Gasteiger partial charge on any atom is -0.271 e. The molecule has 0 unspecified atom stereocenters. The van der Waals surface area contributed by atoms with E-state index in [2.05, 4.69) is 0 Å². The van der Waals surface area contributed by atoms with E-state index in [1.807, 2.05) is 78.9 Å². The fraction of sp³-hybridized carbons (Fsp3) is 0.125. The molecule has 0 fully saturated rings. The molecule has 3 aromatic rings. The van der Waals surface area contributed by atoms with Crippen molar-refractivity contribution in [2.45, 2.75) is 18.2 Å². The molecular formula is C24H18ClN3OS. The number of aliphatic imine (C=N–C) groups is 2. The smallest absolute Gasteiger partial charge is 0.259 e. The number of carbonyl (C=O) groups excluding carboxylic acids is 1. The number of hydrogen-bond acceptors (Lipinski definition) is 4. The van der Waals surface area contributed by atoms with Gasteiger partial charge in [-0.15, -0.1) is 0 Å². The van der Waals surface area contributed by atoms with Crippen molar-refractivity contribution in [1.29, 1.82) is 0 Å². The van der Waals surface area contributed by atoms with Gasteiger partial charge in [0.1, 0.15) is 11.9 Å². The lowest BCUT2D eigenvalue weighted by atomic mass is 10.1. The summed E-state index contributed by atoms with van der Waals surface area (Å²) in [6.07, 6.45) is 0.580. The lowest BCUT2D eigenvalue weighted by molar-refractivity contribution is -0.124. The predicted octanol–water partition coefficient (Wildman–Crippen LogP) is 5.47. The van der Waals surface area contributed by atoms with Crippen molar-refractivity contribution < 1.29 is 4.79 Å². The van der Waals surface area contributed by atoms with Crippen LogP contribution in [0.15, 0.2) is 88.8 Å². The fourth-order valence-electron chi connectivity index (χ4n) is 3.60. The second-order valence-corrected chi connectivity index (χ2v) is 8.54. The van der Waals surface area contributed by atoms with E-state index in [9.17, 15) is 4.79 Å². The Bertz CT molecular complexity index is 1160. The summed E-state index contributed by atoms with van der Waals surface area (Å²) in [7, 11) is 0. The average molecular weight is 432 g/mol. The summed E-state index contributed by atoms with van der Waals surface area (Å²) in [5.41, 5.74) is 3.97. The van der Waals surface area contributed by atoms with Crippen LogP contribution in [0.2, 0.25) is 5.02 Å². The topological polar surface area (TPSA) is 45.0 Å². The van der Waals surface area contributed by atoms with Gasteiger partial charge in [0.25, 0.3) is 5.91 Å². The van der Waals surface area contributed by atoms with Gasteiger partial charge in [-0.1, -0.05) is 78.0 Å². The number of amidine groups is 2. The number of carbonyl (C=O) groups is 1. The van der Waals surface area contributed by atoms with Gasteiger partial charge in [0.15, 0.2) is 5.17 Å². The number of para-hydroxylation sites is 1. The molecule has 4 nitrogen and oxygen atoms in total. The molecule has 148 valence electrons. The molecule has 5 rings (SSSR count). The molecule has 2 aliphatic heterocycles. The summed E-state index contributed by atoms with van der Waals surface area (Å²) in [6.45, 7) is 0. The van der Waals surface area contributed by atoms with Crippen LogP contribution in [0, 0.1) is 0 Å². The van der Waals surface area contributed by atoms with Gasteiger partial charge in [0.2, 0.25) is 0 Å². The second-order valence-electron chi connectivity index (χ2n) is 7.16. The van der Waals surface area contributed by atoms with Gasteiger partial charge < -0.3 is 0 Å². The zero-order valence-electron chi connectivity index (χ0n) is 16.0. The lowest BCUT2D eigenvalue weighted by Gasteiger charge is -2.25. The summed E-state index contributed by atoms with van der Waals surface area (Å²) in [4.78, 5) is 24.6. The van der Waals surface area contributed by atoms with E-state index in [1.54, 1.807) is 4.90 Å². The molecular weight excluding hydrogens is 414 g/mol. The van der Waals surface area contributed by atoms with Gasteiger partial charge in [-0.05, 0) is 35.4 Å². The first-order valence-electron chi connectivity index (χ1n) is 9.70. The van der Waals surface area contributed by atoms with Crippen molar-refractivity contribution in [3.63, 3.8) is 0 Å². The third-order valence-corrected chi connectivity index (χ3v) is 6.36.